The number of amides is 2. The Morgan fingerprint density at radius 1 is 1.07 bits per heavy atom. The predicted octanol–water partition coefficient (Wildman–Crippen LogP) is 5.28. The number of carbonyl (C=O) groups excluding carboxylic acids is 2. The zero-order chi connectivity index (χ0) is 31.0. The van der Waals surface area contributed by atoms with E-state index in [1.54, 1.807) is 30.3 Å². The molecule has 44 heavy (non-hydrogen) atoms. The molecule has 2 aliphatic rings. The molecule has 1 fully saturated rings. The van der Waals surface area contributed by atoms with Crippen LogP contribution in [-0.4, -0.2) is 58.8 Å². The number of benzene rings is 3. The maximum atomic E-state index is 15.1. The van der Waals surface area contributed by atoms with Crippen molar-refractivity contribution in [1.29, 1.82) is 5.26 Å². The third kappa shape index (κ3) is 5.40. The molecule has 1 aromatic heterocycles. The van der Waals surface area contributed by atoms with Gasteiger partial charge in [-0.1, -0.05) is 42.5 Å². The molecular weight excluding hydrogens is 566 g/mol. The molecule has 0 saturated carbocycles. The van der Waals surface area contributed by atoms with Crippen LogP contribution < -0.4 is 15.0 Å². The molecular formula is C33H30F2N6O3. The number of fused-ring (bicyclic) bond motifs is 1. The van der Waals surface area contributed by atoms with E-state index in [9.17, 15) is 14.9 Å². The lowest BCUT2D eigenvalue weighted by Crippen LogP contribution is -2.47. The van der Waals surface area contributed by atoms with Crippen molar-refractivity contribution in [1.82, 2.24) is 14.7 Å². The summed E-state index contributed by atoms with van der Waals surface area (Å²) < 4.78 is 37.7. The second-order valence-electron chi connectivity index (χ2n) is 11.2. The van der Waals surface area contributed by atoms with Crippen LogP contribution in [0.15, 0.2) is 79.0 Å². The van der Waals surface area contributed by atoms with Gasteiger partial charge in [-0.25, -0.2) is 0 Å². The van der Waals surface area contributed by atoms with E-state index in [0.717, 1.165) is 19.5 Å². The maximum absolute atomic E-state index is 15.1. The number of rotatable bonds is 7. The smallest absolute Gasteiger partial charge is 0.298 e. The van der Waals surface area contributed by atoms with Crippen molar-refractivity contribution in [2.24, 2.45) is 0 Å². The largest absolute Gasteiger partial charge is 0.488 e. The Bertz CT molecular complexity index is 1750. The molecule has 2 aliphatic heterocycles. The van der Waals surface area contributed by atoms with Crippen molar-refractivity contribution in [2.75, 3.05) is 30.4 Å². The van der Waals surface area contributed by atoms with Crippen molar-refractivity contribution in [3.8, 4) is 11.8 Å². The SMILES string of the molecule is C[C@H]1Cn2ncc(C(=O)Nc3ccc(O[C@@H]4CCN(C)C4)c(C#N)c3)c2C(=O)N1c1ccc(C(F)(F)c2ccccc2)cc1. The quantitative estimate of drug-likeness (QED) is 0.312. The van der Waals surface area contributed by atoms with E-state index in [-0.39, 0.29) is 40.1 Å². The Hall–Kier alpha value is -5.08. The molecule has 1 N–H and O–H groups in total. The number of hydrogen-bond donors (Lipinski definition) is 1. The van der Waals surface area contributed by atoms with Gasteiger partial charge in [0.05, 0.1) is 29.9 Å². The first-order valence-corrected chi connectivity index (χ1v) is 14.3. The molecule has 0 spiro atoms. The van der Waals surface area contributed by atoms with Crippen LogP contribution in [0.2, 0.25) is 0 Å². The predicted molar refractivity (Wildman–Crippen MR) is 160 cm³/mol. The number of ether oxygens (including phenoxy) is 1. The van der Waals surface area contributed by atoms with Crippen LogP contribution in [0.1, 0.15) is 50.9 Å². The molecule has 3 aromatic carbocycles. The summed E-state index contributed by atoms with van der Waals surface area (Å²) in [6.45, 7) is 3.81. The number of anilines is 2. The second kappa shape index (κ2) is 11.5. The summed E-state index contributed by atoms with van der Waals surface area (Å²) in [7, 11) is 2.01. The number of likely N-dealkylation sites (tertiary alicyclic amines) is 1. The lowest BCUT2D eigenvalue weighted by Gasteiger charge is -2.34. The van der Waals surface area contributed by atoms with Gasteiger partial charge in [0.15, 0.2) is 0 Å². The number of nitrogens with zero attached hydrogens (tertiary/aromatic N) is 5. The van der Waals surface area contributed by atoms with Gasteiger partial charge in [-0.15, -0.1) is 0 Å². The van der Waals surface area contributed by atoms with Gasteiger partial charge >= 0.3 is 0 Å². The minimum Gasteiger partial charge on any atom is -0.488 e. The van der Waals surface area contributed by atoms with E-state index in [4.69, 9.17) is 4.74 Å². The molecule has 0 bridgehead atoms. The number of halogens is 2. The normalized spacial score (nSPS) is 18.5. The minimum absolute atomic E-state index is 0.0145. The average molecular weight is 597 g/mol. The number of aromatic nitrogens is 2. The van der Waals surface area contributed by atoms with E-state index in [1.807, 2.05) is 14.0 Å². The minimum atomic E-state index is -3.20. The van der Waals surface area contributed by atoms with Crippen LogP contribution in [0.5, 0.6) is 5.75 Å². The Morgan fingerprint density at radius 3 is 2.48 bits per heavy atom. The maximum Gasteiger partial charge on any atom is 0.298 e. The average Bonchev–Trinajstić information content (AvgIpc) is 3.64. The topological polar surface area (TPSA) is 103 Å². The highest BCUT2D eigenvalue weighted by Crippen LogP contribution is 2.37. The summed E-state index contributed by atoms with van der Waals surface area (Å²) in [4.78, 5) is 30.8. The molecule has 4 aromatic rings. The molecule has 9 nitrogen and oxygen atoms in total. The summed E-state index contributed by atoms with van der Waals surface area (Å²) >= 11 is 0. The highest BCUT2D eigenvalue weighted by Gasteiger charge is 2.37. The first-order valence-electron chi connectivity index (χ1n) is 14.3. The fourth-order valence-corrected chi connectivity index (χ4v) is 5.75. The highest BCUT2D eigenvalue weighted by atomic mass is 19.3. The fraction of sp³-hybridized carbons (Fsp3) is 0.273. The molecule has 11 heteroatoms. The van der Waals surface area contributed by atoms with E-state index in [0.29, 0.717) is 23.7 Å². The molecule has 3 heterocycles. The highest BCUT2D eigenvalue weighted by molar-refractivity contribution is 6.15. The Balaban J connectivity index is 1.21. The summed E-state index contributed by atoms with van der Waals surface area (Å²) in [5.74, 6) is -3.80. The van der Waals surface area contributed by atoms with Gasteiger partial charge in [-0.2, -0.15) is 19.1 Å². The van der Waals surface area contributed by atoms with Gasteiger partial charge in [0.2, 0.25) is 0 Å². The Kier molecular flexibility index (Phi) is 7.61. The summed E-state index contributed by atoms with van der Waals surface area (Å²) in [5.41, 5.74) is 0.907. The van der Waals surface area contributed by atoms with Crippen LogP contribution in [0.3, 0.4) is 0 Å². The molecule has 1 saturated heterocycles. The number of hydrogen-bond acceptors (Lipinski definition) is 6. The molecule has 2 amide bonds. The van der Waals surface area contributed by atoms with Crippen LogP contribution in [-0.2, 0) is 12.5 Å². The van der Waals surface area contributed by atoms with Gasteiger partial charge in [0, 0.05) is 35.6 Å². The summed E-state index contributed by atoms with van der Waals surface area (Å²) in [6, 6.07) is 19.7. The first kappa shape index (κ1) is 29.0. The number of alkyl halides is 2. The van der Waals surface area contributed by atoms with E-state index in [2.05, 4.69) is 21.4 Å². The van der Waals surface area contributed by atoms with E-state index < -0.39 is 17.7 Å². The van der Waals surface area contributed by atoms with Crippen molar-refractivity contribution in [3.63, 3.8) is 0 Å². The van der Waals surface area contributed by atoms with Crippen molar-refractivity contribution >= 4 is 23.2 Å². The molecule has 2 atom stereocenters. The van der Waals surface area contributed by atoms with Crippen LogP contribution in [0.25, 0.3) is 0 Å². The third-order valence-corrected chi connectivity index (χ3v) is 8.03. The van der Waals surface area contributed by atoms with Gasteiger partial charge in [-0.3, -0.25) is 14.3 Å². The molecule has 6 rings (SSSR count). The second-order valence-corrected chi connectivity index (χ2v) is 11.2. The molecule has 0 unspecified atom stereocenters. The van der Waals surface area contributed by atoms with Gasteiger partial charge in [0.25, 0.3) is 17.7 Å². The standard InChI is InChI=1S/C33H30F2N6O3/c1-21-19-40-30(32(43)41(21)26-11-8-24(9-12-26)33(34,35)23-6-4-3-5-7-23)28(18-37-40)31(42)38-25-10-13-29(22(16-25)17-36)44-27-14-15-39(2)20-27/h3-13,16,18,21,27H,14-15,19-20H2,1-2H3,(H,38,42)/t21-,27+/m0/s1. The lowest BCUT2D eigenvalue weighted by molar-refractivity contribution is 0.0428. The Morgan fingerprint density at radius 2 is 1.80 bits per heavy atom. The Labute approximate surface area is 253 Å². The van der Waals surface area contributed by atoms with Crippen LogP contribution in [0.4, 0.5) is 20.2 Å². The number of likely N-dealkylation sites (N-methyl/N-ethyl adjacent to an activating group) is 1. The lowest BCUT2D eigenvalue weighted by atomic mass is 9.99. The third-order valence-electron chi connectivity index (χ3n) is 8.03. The van der Waals surface area contributed by atoms with Crippen molar-refractivity contribution in [3.05, 3.63) is 107 Å². The number of carbonyl (C=O) groups is 2. The summed E-state index contributed by atoms with van der Waals surface area (Å²) in [6.07, 6.45) is 2.18. The van der Waals surface area contributed by atoms with Crippen LogP contribution in [0, 0.1) is 11.3 Å². The zero-order valence-corrected chi connectivity index (χ0v) is 24.2. The van der Waals surface area contributed by atoms with Gasteiger partial charge in [0.1, 0.15) is 23.6 Å². The number of nitrogens with one attached hydrogen (secondary N) is 1. The summed E-state index contributed by atoms with van der Waals surface area (Å²) in [5, 5.41) is 16.7. The fourth-order valence-electron chi connectivity index (χ4n) is 5.75. The van der Waals surface area contributed by atoms with E-state index in [1.165, 1.54) is 58.2 Å². The molecule has 224 valence electrons. The van der Waals surface area contributed by atoms with Crippen molar-refractivity contribution < 1.29 is 23.1 Å². The zero-order valence-electron chi connectivity index (χ0n) is 24.2. The van der Waals surface area contributed by atoms with Crippen molar-refractivity contribution in [2.45, 2.75) is 38.0 Å². The van der Waals surface area contributed by atoms with Gasteiger partial charge in [-0.05, 0) is 50.7 Å². The van der Waals surface area contributed by atoms with E-state index >= 15 is 8.78 Å². The molecule has 0 radical (unpaired) electrons. The first-order chi connectivity index (χ1) is 21.2. The van der Waals surface area contributed by atoms with Gasteiger partial charge < -0.3 is 19.9 Å². The number of nitriles is 1. The van der Waals surface area contributed by atoms with Crippen LogP contribution >= 0.6 is 0 Å². The monoisotopic (exact) mass is 596 g/mol. The molecule has 0 aliphatic carbocycles.